The maximum atomic E-state index is 13.7. The van der Waals surface area contributed by atoms with Gasteiger partial charge >= 0.3 is 5.97 Å². The minimum absolute atomic E-state index is 0.0742. The number of carbonyl (C=O) groups excluding carboxylic acids is 4. The molecule has 2 aromatic rings. The zero-order valence-corrected chi connectivity index (χ0v) is 18.7. The van der Waals surface area contributed by atoms with Gasteiger partial charge in [0.25, 0.3) is 0 Å². The molecule has 0 aliphatic rings. The summed E-state index contributed by atoms with van der Waals surface area (Å²) in [6.07, 6.45) is 0.611. The fourth-order valence-electron chi connectivity index (χ4n) is 3.24. The largest absolute Gasteiger partial charge is 0.426 e. The number of hydrogen-bond acceptors (Lipinski definition) is 5. The summed E-state index contributed by atoms with van der Waals surface area (Å²) in [4.78, 5) is 50.8. The number of esters is 1. The molecule has 0 saturated heterocycles. The zero-order valence-electron chi connectivity index (χ0n) is 18.7. The summed E-state index contributed by atoms with van der Waals surface area (Å²) in [6, 6.07) is 11.8. The van der Waals surface area contributed by atoms with Gasteiger partial charge in [-0.15, -0.1) is 0 Å². The molecule has 0 bridgehead atoms. The SMILES string of the molecule is CCC(=O)NC(C=O)(C(=O)c1ccccc1C)c1ccc(C(C)C)cc1OC(=O)CC. The van der Waals surface area contributed by atoms with E-state index in [0.717, 1.165) is 5.56 Å². The molecule has 0 heterocycles. The van der Waals surface area contributed by atoms with Crippen molar-refractivity contribution in [2.45, 2.75) is 58.9 Å². The van der Waals surface area contributed by atoms with E-state index in [1.165, 1.54) is 0 Å². The Balaban J connectivity index is 2.81. The lowest BCUT2D eigenvalue weighted by molar-refractivity contribution is -0.134. The lowest BCUT2D eigenvalue weighted by atomic mass is 9.81. The second-order valence-electron chi connectivity index (χ2n) is 7.71. The van der Waals surface area contributed by atoms with Gasteiger partial charge in [-0.2, -0.15) is 0 Å². The highest BCUT2D eigenvalue weighted by molar-refractivity contribution is 6.16. The molecule has 0 aliphatic heterocycles. The van der Waals surface area contributed by atoms with E-state index in [1.807, 2.05) is 13.8 Å². The van der Waals surface area contributed by atoms with E-state index in [0.29, 0.717) is 17.4 Å². The molecule has 1 N–H and O–H groups in total. The highest BCUT2D eigenvalue weighted by Gasteiger charge is 2.45. The van der Waals surface area contributed by atoms with Gasteiger partial charge in [0.15, 0.2) is 11.8 Å². The van der Waals surface area contributed by atoms with Crippen molar-refractivity contribution in [3.8, 4) is 5.75 Å². The van der Waals surface area contributed by atoms with Crippen molar-refractivity contribution in [3.05, 3.63) is 64.7 Å². The topological polar surface area (TPSA) is 89.5 Å². The first-order chi connectivity index (χ1) is 14.7. The van der Waals surface area contributed by atoms with E-state index < -0.39 is 23.2 Å². The van der Waals surface area contributed by atoms with Crippen LogP contribution >= 0.6 is 0 Å². The van der Waals surface area contributed by atoms with Gasteiger partial charge in [0.05, 0.1) is 0 Å². The maximum absolute atomic E-state index is 13.7. The summed E-state index contributed by atoms with van der Waals surface area (Å²) >= 11 is 0. The second kappa shape index (κ2) is 10.2. The third kappa shape index (κ3) is 5.08. The predicted octanol–water partition coefficient (Wildman–Crippen LogP) is 4.24. The summed E-state index contributed by atoms with van der Waals surface area (Å²) in [5, 5.41) is 2.60. The molecule has 0 spiro atoms. The van der Waals surface area contributed by atoms with Crippen LogP contribution in [0.1, 0.15) is 73.5 Å². The minimum Gasteiger partial charge on any atom is -0.426 e. The Morgan fingerprint density at radius 2 is 1.74 bits per heavy atom. The Morgan fingerprint density at radius 3 is 2.29 bits per heavy atom. The number of amides is 1. The van der Waals surface area contributed by atoms with Gasteiger partial charge in [-0.1, -0.05) is 64.1 Å². The van der Waals surface area contributed by atoms with Crippen molar-refractivity contribution in [1.29, 1.82) is 0 Å². The molecule has 0 fully saturated rings. The highest BCUT2D eigenvalue weighted by Crippen LogP contribution is 2.35. The van der Waals surface area contributed by atoms with Crippen molar-refractivity contribution in [2.75, 3.05) is 0 Å². The van der Waals surface area contributed by atoms with Crippen LogP contribution in [0.5, 0.6) is 5.75 Å². The van der Waals surface area contributed by atoms with Crippen molar-refractivity contribution >= 4 is 23.9 Å². The van der Waals surface area contributed by atoms with Gasteiger partial charge in [0.1, 0.15) is 5.75 Å². The van der Waals surface area contributed by atoms with Crippen molar-refractivity contribution in [2.24, 2.45) is 0 Å². The number of rotatable bonds is 9. The number of aldehydes is 1. The number of nitrogens with one attached hydrogen (secondary N) is 1. The number of benzene rings is 2. The molecule has 164 valence electrons. The van der Waals surface area contributed by atoms with Crippen LogP contribution in [0.2, 0.25) is 0 Å². The Labute approximate surface area is 183 Å². The first kappa shape index (κ1) is 24.0. The summed E-state index contributed by atoms with van der Waals surface area (Å²) < 4.78 is 5.52. The minimum atomic E-state index is -2.03. The van der Waals surface area contributed by atoms with Crippen LogP contribution in [-0.4, -0.2) is 23.9 Å². The fourth-order valence-corrected chi connectivity index (χ4v) is 3.24. The number of aryl methyl sites for hydroxylation is 1. The smallest absolute Gasteiger partial charge is 0.310 e. The molecule has 0 aliphatic carbocycles. The lowest BCUT2D eigenvalue weighted by Crippen LogP contribution is -2.53. The second-order valence-corrected chi connectivity index (χ2v) is 7.71. The van der Waals surface area contributed by atoms with E-state index in [-0.39, 0.29) is 30.1 Å². The molecule has 6 heteroatoms. The Morgan fingerprint density at radius 1 is 1.06 bits per heavy atom. The molecule has 1 unspecified atom stereocenters. The Hall–Kier alpha value is -3.28. The van der Waals surface area contributed by atoms with Crippen molar-refractivity contribution in [3.63, 3.8) is 0 Å². The van der Waals surface area contributed by atoms with E-state index in [2.05, 4.69) is 5.32 Å². The molecular formula is C25H29NO5. The molecular weight excluding hydrogens is 394 g/mol. The Kier molecular flexibility index (Phi) is 7.86. The Bertz CT molecular complexity index is 995. The van der Waals surface area contributed by atoms with Crippen molar-refractivity contribution in [1.82, 2.24) is 5.32 Å². The van der Waals surface area contributed by atoms with Crippen LogP contribution in [0.3, 0.4) is 0 Å². The van der Waals surface area contributed by atoms with Crippen LogP contribution in [0.4, 0.5) is 0 Å². The third-order valence-corrected chi connectivity index (χ3v) is 5.19. The quantitative estimate of drug-likeness (QED) is 0.214. The predicted molar refractivity (Wildman–Crippen MR) is 118 cm³/mol. The number of Topliss-reactive ketones (excluding diaryl/α,β-unsaturated/α-hetero) is 1. The molecule has 0 saturated carbocycles. The average molecular weight is 424 g/mol. The number of ether oxygens (including phenoxy) is 1. The first-order valence-electron chi connectivity index (χ1n) is 10.4. The van der Waals surface area contributed by atoms with Crippen LogP contribution in [0.25, 0.3) is 0 Å². The highest BCUT2D eigenvalue weighted by atomic mass is 16.5. The number of hydrogen-bond donors (Lipinski definition) is 1. The van der Waals surface area contributed by atoms with Crippen LogP contribution < -0.4 is 10.1 Å². The van der Waals surface area contributed by atoms with E-state index in [1.54, 1.807) is 63.2 Å². The van der Waals surface area contributed by atoms with Gasteiger partial charge in [-0.05, 0) is 30.0 Å². The summed E-state index contributed by atoms with van der Waals surface area (Å²) in [6.45, 7) is 8.99. The average Bonchev–Trinajstić information content (AvgIpc) is 2.77. The van der Waals surface area contributed by atoms with Gasteiger partial charge in [-0.3, -0.25) is 19.2 Å². The molecule has 0 aromatic heterocycles. The van der Waals surface area contributed by atoms with Gasteiger partial charge < -0.3 is 10.1 Å². The lowest BCUT2D eigenvalue weighted by Gasteiger charge is -2.30. The third-order valence-electron chi connectivity index (χ3n) is 5.19. The molecule has 1 atom stereocenters. The molecule has 1 amide bonds. The van der Waals surface area contributed by atoms with E-state index in [9.17, 15) is 19.2 Å². The van der Waals surface area contributed by atoms with Gasteiger partial charge in [-0.25, -0.2) is 0 Å². The van der Waals surface area contributed by atoms with Gasteiger partial charge in [0, 0.05) is 24.0 Å². The molecule has 0 radical (unpaired) electrons. The molecule has 6 nitrogen and oxygen atoms in total. The van der Waals surface area contributed by atoms with Crippen LogP contribution in [0, 0.1) is 6.92 Å². The molecule has 2 aromatic carbocycles. The maximum Gasteiger partial charge on any atom is 0.310 e. The van der Waals surface area contributed by atoms with Crippen LogP contribution in [0.15, 0.2) is 42.5 Å². The first-order valence-corrected chi connectivity index (χ1v) is 10.4. The summed E-state index contributed by atoms with van der Waals surface area (Å²) in [5.74, 6) is -1.37. The van der Waals surface area contributed by atoms with Gasteiger partial charge in [0.2, 0.25) is 11.7 Å². The number of carbonyl (C=O) groups is 4. The summed E-state index contributed by atoms with van der Waals surface area (Å²) in [7, 11) is 0. The fraction of sp³-hybridized carbons (Fsp3) is 0.360. The van der Waals surface area contributed by atoms with E-state index >= 15 is 0 Å². The summed E-state index contributed by atoms with van der Waals surface area (Å²) in [5.41, 5.74) is -0.0728. The standard InChI is InChI=1S/C25H29NO5/c1-6-22(28)26-25(15-27,24(30)19-11-9-8-10-17(19)5)20-13-12-18(16(3)4)14-21(20)31-23(29)7-2/h8-16H,6-7H2,1-5H3,(H,26,28). The monoisotopic (exact) mass is 423 g/mol. The number of ketones is 1. The molecule has 31 heavy (non-hydrogen) atoms. The van der Waals surface area contributed by atoms with E-state index in [4.69, 9.17) is 4.74 Å². The molecule has 2 rings (SSSR count). The van der Waals surface area contributed by atoms with Crippen molar-refractivity contribution < 1.29 is 23.9 Å². The van der Waals surface area contributed by atoms with Crippen LogP contribution in [-0.2, 0) is 19.9 Å². The normalized spacial score (nSPS) is 12.7. The zero-order chi connectivity index (χ0) is 23.2.